The Morgan fingerprint density at radius 3 is 2.96 bits per heavy atom. The summed E-state index contributed by atoms with van der Waals surface area (Å²) >= 11 is 0. The van der Waals surface area contributed by atoms with E-state index in [-0.39, 0.29) is 17.9 Å². The van der Waals surface area contributed by atoms with Gasteiger partial charge in [0.15, 0.2) is 11.6 Å². The van der Waals surface area contributed by atoms with Crippen LogP contribution in [0, 0.1) is 5.82 Å². The van der Waals surface area contributed by atoms with Crippen LogP contribution in [0.2, 0.25) is 0 Å². The standard InChI is InChI=1S/C16H20FN5O2/c1-11(8-22-10-18-9-19-22)20-16(23)21-12-5-6-15(14(17)7-12)24-13-3-2-4-13/h5-7,9-11,13H,2-4,8H2,1H3,(H2,20,21,23). The highest BCUT2D eigenvalue weighted by Crippen LogP contribution is 2.28. The lowest BCUT2D eigenvalue weighted by Gasteiger charge is -2.26. The maximum absolute atomic E-state index is 14.0. The number of nitrogens with one attached hydrogen (secondary N) is 2. The highest BCUT2D eigenvalue weighted by atomic mass is 19.1. The molecular weight excluding hydrogens is 313 g/mol. The molecule has 1 unspecified atom stereocenters. The Morgan fingerprint density at radius 2 is 2.33 bits per heavy atom. The Bertz CT molecular complexity index is 688. The summed E-state index contributed by atoms with van der Waals surface area (Å²) in [7, 11) is 0. The van der Waals surface area contributed by atoms with E-state index in [0.717, 1.165) is 19.3 Å². The first kappa shape index (κ1) is 16.2. The topological polar surface area (TPSA) is 81.1 Å². The first-order valence-electron chi connectivity index (χ1n) is 7.96. The van der Waals surface area contributed by atoms with Gasteiger partial charge in [-0.15, -0.1) is 0 Å². The predicted octanol–water partition coefficient (Wildman–Crippen LogP) is 2.56. The first-order chi connectivity index (χ1) is 11.6. The Kier molecular flexibility index (Phi) is 4.93. The molecule has 128 valence electrons. The fraction of sp³-hybridized carbons (Fsp3) is 0.438. The van der Waals surface area contributed by atoms with Gasteiger partial charge in [0.25, 0.3) is 0 Å². The zero-order valence-electron chi connectivity index (χ0n) is 13.4. The van der Waals surface area contributed by atoms with Crippen LogP contribution in [-0.2, 0) is 6.54 Å². The van der Waals surface area contributed by atoms with Gasteiger partial charge in [0.2, 0.25) is 0 Å². The van der Waals surface area contributed by atoms with Gasteiger partial charge in [-0.25, -0.2) is 14.2 Å². The molecule has 1 fully saturated rings. The van der Waals surface area contributed by atoms with Crippen LogP contribution in [0.1, 0.15) is 26.2 Å². The second-order valence-electron chi connectivity index (χ2n) is 5.93. The average Bonchev–Trinajstić information content (AvgIpc) is 2.97. The number of nitrogens with zero attached hydrogens (tertiary/aromatic N) is 3. The molecule has 0 spiro atoms. The molecule has 1 aliphatic carbocycles. The summed E-state index contributed by atoms with van der Waals surface area (Å²) < 4.78 is 21.2. The molecule has 0 aliphatic heterocycles. The van der Waals surface area contributed by atoms with Gasteiger partial charge in [0, 0.05) is 17.8 Å². The molecule has 0 saturated heterocycles. The number of anilines is 1. The number of urea groups is 1. The van der Waals surface area contributed by atoms with Crippen molar-refractivity contribution >= 4 is 11.7 Å². The summed E-state index contributed by atoms with van der Waals surface area (Å²) in [6, 6.07) is 3.86. The number of carbonyl (C=O) groups excluding carboxylic acids is 1. The van der Waals surface area contributed by atoms with E-state index in [1.807, 2.05) is 6.92 Å². The summed E-state index contributed by atoms with van der Waals surface area (Å²) in [6.07, 6.45) is 6.17. The molecule has 0 radical (unpaired) electrons. The van der Waals surface area contributed by atoms with Crippen molar-refractivity contribution in [2.45, 2.75) is 44.9 Å². The van der Waals surface area contributed by atoms with E-state index in [2.05, 4.69) is 20.7 Å². The highest BCUT2D eigenvalue weighted by molar-refractivity contribution is 5.89. The van der Waals surface area contributed by atoms with Gasteiger partial charge in [0.05, 0.1) is 12.6 Å². The van der Waals surface area contributed by atoms with Crippen LogP contribution in [0.3, 0.4) is 0 Å². The highest BCUT2D eigenvalue weighted by Gasteiger charge is 2.20. The van der Waals surface area contributed by atoms with Crippen molar-refractivity contribution in [3.63, 3.8) is 0 Å². The zero-order valence-corrected chi connectivity index (χ0v) is 13.4. The number of benzene rings is 1. The van der Waals surface area contributed by atoms with Crippen LogP contribution < -0.4 is 15.4 Å². The van der Waals surface area contributed by atoms with Crippen molar-refractivity contribution in [1.82, 2.24) is 20.1 Å². The summed E-state index contributed by atoms with van der Waals surface area (Å²) in [4.78, 5) is 15.8. The lowest BCUT2D eigenvalue weighted by Crippen LogP contribution is -2.38. The monoisotopic (exact) mass is 333 g/mol. The largest absolute Gasteiger partial charge is 0.487 e. The lowest BCUT2D eigenvalue weighted by atomic mass is 9.96. The zero-order chi connectivity index (χ0) is 16.9. The molecule has 1 heterocycles. The molecular formula is C16H20FN5O2. The average molecular weight is 333 g/mol. The molecule has 1 aromatic heterocycles. The first-order valence-corrected chi connectivity index (χ1v) is 7.96. The molecule has 7 nitrogen and oxygen atoms in total. The van der Waals surface area contributed by atoms with E-state index in [4.69, 9.17) is 4.74 Å². The fourth-order valence-electron chi connectivity index (χ4n) is 2.39. The minimum atomic E-state index is -0.477. The minimum Gasteiger partial charge on any atom is -0.487 e. The number of hydrogen-bond donors (Lipinski definition) is 2. The van der Waals surface area contributed by atoms with Gasteiger partial charge in [-0.1, -0.05) is 0 Å². The molecule has 1 atom stereocenters. The SMILES string of the molecule is CC(Cn1cncn1)NC(=O)Nc1ccc(OC2CCC2)c(F)c1. The maximum Gasteiger partial charge on any atom is 0.319 e. The van der Waals surface area contributed by atoms with Crippen molar-refractivity contribution < 1.29 is 13.9 Å². The molecule has 2 amide bonds. The Balaban J connectivity index is 1.51. The lowest BCUT2D eigenvalue weighted by molar-refractivity contribution is 0.115. The van der Waals surface area contributed by atoms with E-state index in [9.17, 15) is 9.18 Å². The van der Waals surface area contributed by atoms with E-state index in [1.165, 1.54) is 12.4 Å². The summed E-state index contributed by atoms with van der Waals surface area (Å²) in [5.74, 6) is -0.249. The van der Waals surface area contributed by atoms with Gasteiger partial charge in [-0.2, -0.15) is 5.10 Å². The van der Waals surface area contributed by atoms with Gasteiger partial charge >= 0.3 is 6.03 Å². The van der Waals surface area contributed by atoms with Crippen molar-refractivity contribution in [1.29, 1.82) is 0 Å². The number of hydrogen-bond acceptors (Lipinski definition) is 4. The van der Waals surface area contributed by atoms with Crippen LogP contribution in [0.4, 0.5) is 14.9 Å². The number of amides is 2. The van der Waals surface area contributed by atoms with E-state index >= 15 is 0 Å². The van der Waals surface area contributed by atoms with E-state index < -0.39 is 11.8 Å². The minimum absolute atomic E-state index is 0.110. The fourth-order valence-corrected chi connectivity index (χ4v) is 2.39. The van der Waals surface area contributed by atoms with Crippen molar-refractivity contribution in [3.05, 3.63) is 36.7 Å². The third kappa shape index (κ3) is 4.21. The molecule has 3 rings (SSSR count). The second kappa shape index (κ2) is 7.29. The number of carbonyl (C=O) groups is 1. The van der Waals surface area contributed by atoms with Crippen LogP contribution in [0.15, 0.2) is 30.9 Å². The molecule has 0 bridgehead atoms. The quantitative estimate of drug-likeness (QED) is 0.851. The Hall–Kier alpha value is -2.64. The van der Waals surface area contributed by atoms with Crippen LogP contribution in [-0.4, -0.2) is 32.9 Å². The summed E-state index contributed by atoms with van der Waals surface area (Å²) in [5.41, 5.74) is 0.374. The van der Waals surface area contributed by atoms with Gasteiger partial charge in [-0.3, -0.25) is 4.68 Å². The molecule has 8 heteroatoms. The van der Waals surface area contributed by atoms with E-state index in [1.54, 1.807) is 23.1 Å². The summed E-state index contributed by atoms with van der Waals surface area (Å²) in [6.45, 7) is 2.34. The van der Waals surface area contributed by atoms with Crippen molar-refractivity contribution in [3.8, 4) is 5.75 Å². The van der Waals surface area contributed by atoms with Crippen LogP contribution >= 0.6 is 0 Å². The second-order valence-corrected chi connectivity index (χ2v) is 5.93. The molecule has 1 aliphatic rings. The third-order valence-corrected chi connectivity index (χ3v) is 3.84. The molecule has 24 heavy (non-hydrogen) atoms. The van der Waals surface area contributed by atoms with Crippen LogP contribution in [0.5, 0.6) is 5.75 Å². The number of ether oxygens (including phenoxy) is 1. The Labute approximate surface area is 139 Å². The van der Waals surface area contributed by atoms with E-state index in [0.29, 0.717) is 12.2 Å². The molecule has 1 aromatic carbocycles. The van der Waals surface area contributed by atoms with Gasteiger partial charge in [0.1, 0.15) is 12.7 Å². The summed E-state index contributed by atoms with van der Waals surface area (Å²) in [5, 5.41) is 9.34. The number of aromatic nitrogens is 3. The van der Waals surface area contributed by atoms with Crippen molar-refractivity contribution in [2.75, 3.05) is 5.32 Å². The van der Waals surface area contributed by atoms with Gasteiger partial charge in [-0.05, 0) is 38.3 Å². The Morgan fingerprint density at radius 1 is 1.50 bits per heavy atom. The van der Waals surface area contributed by atoms with Crippen molar-refractivity contribution in [2.24, 2.45) is 0 Å². The van der Waals surface area contributed by atoms with Crippen LogP contribution in [0.25, 0.3) is 0 Å². The normalized spacial score (nSPS) is 15.4. The number of halogens is 1. The smallest absolute Gasteiger partial charge is 0.319 e. The third-order valence-electron chi connectivity index (χ3n) is 3.84. The van der Waals surface area contributed by atoms with Gasteiger partial charge < -0.3 is 15.4 Å². The number of rotatable bonds is 6. The molecule has 1 saturated carbocycles. The molecule has 2 aromatic rings. The maximum atomic E-state index is 14.0. The predicted molar refractivity (Wildman–Crippen MR) is 86.3 cm³/mol. The molecule has 2 N–H and O–H groups in total.